The van der Waals surface area contributed by atoms with Gasteiger partial charge in [-0.05, 0) is 6.42 Å². The van der Waals surface area contributed by atoms with Crippen molar-refractivity contribution in [1.82, 2.24) is 9.97 Å². The third-order valence-corrected chi connectivity index (χ3v) is 1.74. The van der Waals surface area contributed by atoms with E-state index in [1.54, 1.807) is 0 Å². The highest BCUT2D eigenvalue weighted by molar-refractivity contribution is 5.51. The Morgan fingerprint density at radius 1 is 1.43 bits per heavy atom. The van der Waals surface area contributed by atoms with E-state index in [0.29, 0.717) is 24.1 Å². The molecule has 0 spiro atoms. The van der Waals surface area contributed by atoms with Crippen LogP contribution in [0.15, 0.2) is 6.33 Å². The van der Waals surface area contributed by atoms with Crippen LogP contribution < -0.4 is 15.2 Å². The second kappa shape index (κ2) is 5.26. The third-order valence-electron chi connectivity index (χ3n) is 1.74. The van der Waals surface area contributed by atoms with Crippen LogP contribution in [0.3, 0.4) is 0 Å². The fourth-order valence-electron chi connectivity index (χ4n) is 0.978. The zero-order valence-corrected chi connectivity index (χ0v) is 8.49. The monoisotopic (exact) mass is 197 g/mol. The first-order chi connectivity index (χ1) is 6.79. The van der Waals surface area contributed by atoms with Crippen LogP contribution in [-0.2, 0) is 0 Å². The number of nitrogens with two attached hydrogens (primary N) is 1. The van der Waals surface area contributed by atoms with Crippen molar-refractivity contribution < 1.29 is 9.47 Å². The van der Waals surface area contributed by atoms with Gasteiger partial charge in [0.05, 0.1) is 13.7 Å². The van der Waals surface area contributed by atoms with E-state index in [1.807, 2.05) is 0 Å². The maximum atomic E-state index is 5.58. The maximum absolute atomic E-state index is 5.58. The van der Waals surface area contributed by atoms with E-state index in [0.717, 1.165) is 12.8 Å². The van der Waals surface area contributed by atoms with Crippen molar-refractivity contribution in [2.45, 2.75) is 19.8 Å². The lowest BCUT2D eigenvalue weighted by Gasteiger charge is -2.09. The Bertz CT molecular complexity index is 291. The molecule has 1 aromatic rings. The van der Waals surface area contributed by atoms with Gasteiger partial charge in [-0.15, -0.1) is 0 Å². The fourth-order valence-corrected chi connectivity index (χ4v) is 0.978. The summed E-state index contributed by atoms with van der Waals surface area (Å²) in [5, 5.41) is 0. The molecule has 0 atom stereocenters. The van der Waals surface area contributed by atoms with Crippen LogP contribution >= 0.6 is 0 Å². The SMILES string of the molecule is CCCCOc1ncnc(N)c1OC. The molecule has 14 heavy (non-hydrogen) atoms. The van der Waals surface area contributed by atoms with Crippen molar-refractivity contribution in [3.05, 3.63) is 6.33 Å². The molecule has 0 radical (unpaired) electrons. The molecule has 0 saturated heterocycles. The Balaban J connectivity index is 2.70. The molecule has 1 aromatic heterocycles. The van der Waals surface area contributed by atoms with Crippen LogP contribution in [-0.4, -0.2) is 23.7 Å². The molecule has 0 fully saturated rings. The van der Waals surface area contributed by atoms with E-state index in [-0.39, 0.29) is 0 Å². The Morgan fingerprint density at radius 3 is 2.86 bits per heavy atom. The molecule has 1 rings (SSSR count). The standard InChI is InChI=1S/C9H15N3O2/c1-3-4-5-14-9-7(13-2)8(10)11-6-12-9/h6H,3-5H2,1-2H3,(H2,10,11,12). The summed E-state index contributed by atoms with van der Waals surface area (Å²) in [6.07, 6.45) is 3.41. The first-order valence-corrected chi connectivity index (χ1v) is 4.56. The van der Waals surface area contributed by atoms with Gasteiger partial charge in [0.25, 0.3) is 5.88 Å². The van der Waals surface area contributed by atoms with Gasteiger partial charge in [0.1, 0.15) is 6.33 Å². The number of aromatic nitrogens is 2. The second-order valence-electron chi connectivity index (χ2n) is 2.80. The maximum Gasteiger partial charge on any atom is 0.262 e. The fraction of sp³-hybridized carbons (Fsp3) is 0.556. The Hall–Kier alpha value is -1.52. The van der Waals surface area contributed by atoms with Crippen molar-refractivity contribution in [2.24, 2.45) is 0 Å². The van der Waals surface area contributed by atoms with Crippen LogP contribution in [0.2, 0.25) is 0 Å². The third kappa shape index (κ3) is 2.48. The minimum Gasteiger partial charge on any atom is -0.489 e. The van der Waals surface area contributed by atoms with Crippen LogP contribution in [0, 0.1) is 0 Å². The molecule has 0 saturated carbocycles. The van der Waals surface area contributed by atoms with Gasteiger partial charge < -0.3 is 15.2 Å². The predicted octanol–water partition coefficient (Wildman–Crippen LogP) is 1.25. The Morgan fingerprint density at radius 2 is 2.21 bits per heavy atom. The molecule has 0 aromatic carbocycles. The highest BCUT2D eigenvalue weighted by Crippen LogP contribution is 2.28. The van der Waals surface area contributed by atoms with Gasteiger partial charge >= 0.3 is 0 Å². The number of ether oxygens (including phenoxy) is 2. The molecular weight excluding hydrogens is 182 g/mol. The van der Waals surface area contributed by atoms with E-state index < -0.39 is 0 Å². The number of nitrogen functional groups attached to an aromatic ring is 1. The molecule has 2 N–H and O–H groups in total. The van der Waals surface area contributed by atoms with Crippen LogP contribution in [0.25, 0.3) is 0 Å². The van der Waals surface area contributed by atoms with E-state index >= 15 is 0 Å². The van der Waals surface area contributed by atoms with Gasteiger partial charge in [-0.3, -0.25) is 0 Å². The summed E-state index contributed by atoms with van der Waals surface area (Å²) >= 11 is 0. The number of anilines is 1. The normalized spacial score (nSPS) is 9.86. The van der Waals surface area contributed by atoms with Crippen molar-refractivity contribution in [1.29, 1.82) is 0 Å². The summed E-state index contributed by atoms with van der Waals surface area (Å²) in [6, 6.07) is 0. The number of methoxy groups -OCH3 is 1. The highest BCUT2D eigenvalue weighted by atomic mass is 16.5. The smallest absolute Gasteiger partial charge is 0.262 e. The molecule has 5 nitrogen and oxygen atoms in total. The topological polar surface area (TPSA) is 70.3 Å². The van der Waals surface area contributed by atoms with Crippen LogP contribution in [0.1, 0.15) is 19.8 Å². The molecular formula is C9H15N3O2. The van der Waals surface area contributed by atoms with E-state index in [2.05, 4.69) is 16.9 Å². The minimum atomic E-state index is 0.300. The molecule has 5 heteroatoms. The van der Waals surface area contributed by atoms with Gasteiger partial charge in [-0.25, -0.2) is 4.98 Å². The van der Waals surface area contributed by atoms with Gasteiger partial charge in [-0.1, -0.05) is 13.3 Å². The van der Waals surface area contributed by atoms with E-state index in [9.17, 15) is 0 Å². The Labute approximate surface area is 83.3 Å². The lowest BCUT2D eigenvalue weighted by molar-refractivity contribution is 0.276. The molecule has 0 amide bonds. The van der Waals surface area contributed by atoms with Gasteiger partial charge in [0.15, 0.2) is 5.82 Å². The van der Waals surface area contributed by atoms with E-state index in [1.165, 1.54) is 13.4 Å². The molecule has 0 aliphatic rings. The molecule has 0 bridgehead atoms. The summed E-state index contributed by atoms with van der Waals surface area (Å²) in [6.45, 7) is 2.71. The van der Waals surface area contributed by atoms with Crippen LogP contribution in [0.5, 0.6) is 11.6 Å². The predicted molar refractivity (Wildman–Crippen MR) is 53.4 cm³/mol. The van der Waals surface area contributed by atoms with Crippen molar-refractivity contribution in [3.8, 4) is 11.6 Å². The van der Waals surface area contributed by atoms with E-state index in [4.69, 9.17) is 15.2 Å². The zero-order chi connectivity index (χ0) is 10.4. The second-order valence-corrected chi connectivity index (χ2v) is 2.80. The molecule has 0 aliphatic heterocycles. The molecule has 1 heterocycles. The van der Waals surface area contributed by atoms with Gasteiger partial charge in [-0.2, -0.15) is 4.98 Å². The average molecular weight is 197 g/mol. The number of rotatable bonds is 5. The zero-order valence-electron chi connectivity index (χ0n) is 8.49. The average Bonchev–Trinajstić information content (AvgIpc) is 2.18. The summed E-state index contributed by atoms with van der Waals surface area (Å²) in [4.78, 5) is 7.74. The highest BCUT2D eigenvalue weighted by Gasteiger charge is 2.09. The van der Waals surface area contributed by atoms with Gasteiger partial charge in [0.2, 0.25) is 5.75 Å². The van der Waals surface area contributed by atoms with Crippen molar-refractivity contribution in [2.75, 3.05) is 19.5 Å². The van der Waals surface area contributed by atoms with Crippen molar-refractivity contribution in [3.63, 3.8) is 0 Å². The number of hydrogen-bond acceptors (Lipinski definition) is 5. The molecule has 0 unspecified atom stereocenters. The number of nitrogens with zero attached hydrogens (tertiary/aromatic N) is 2. The largest absolute Gasteiger partial charge is 0.489 e. The first-order valence-electron chi connectivity index (χ1n) is 4.56. The number of hydrogen-bond donors (Lipinski definition) is 1. The summed E-state index contributed by atoms with van der Waals surface area (Å²) in [7, 11) is 1.52. The summed E-state index contributed by atoms with van der Waals surface area (Å²) in [5.41, 5.74) is 5.58. The minimum absolute atomic E-state index is 0.300. The lowest BCUT2D eigenvalue weighted by atomic mass is 10.4. The summed E-state index contributed by atoms with van der Waals surface area (Å²) in [5.74, 6) is 1.12. The quantitative estimate of drug-likeness (QED) is 0.719. The molecule has 78 valence electrons. The van der Waals surface area contributed by atoms with Crippen molar-refractivity contribution >= 4 is 5.82 Å². The first kappa shape index (κ1) is 10.6. The lowest BCUT2D eigenvalue weighted by Crippen LogP contribution is -2.04. The van der Waals surface area contributed by atoms with Crippen LogP contribution in [0.4, 0.5) is 5.82 Å². The molecule has 0 aliphatic carbocycles. The summed E-state index contributed by atoms with van der Waals surface area (Å²) < 4.78 is 10.4. The number of unbranched alkanes of at least 4 members (excludes halogenated alkanes) is 1. The Kier molecular flexibility index (Phi) is 3.97. The van der Waals surface area contributed by atoms with Gasteiger partial charge in [0, 0.05) is 0 Å².